The van der Waals surface area contributed by atoms with E-state index < -0.39 is 29.6 Å². The van der Waals surface area contributed by atoms with E-state index in [9.17, 15) is 19.8 Å². The zero-order valence-corrected chi connectivity index (χ0v) is 25.7. The van der Waals surface area contributed by atoms with E-state index in [0.29, 0.717) is 24.7 Å². The van der Waals surface area contributed by atoms with Crippen LogP contribution < -0.4 is 5.32 Å². The van der Waals surface area contributed by atoms with Gasteiger partial charge in [0.1, 0.15) is 6.04 Å². The number of methoxy groups -OCH3 is 1. The number of aliphatic hydroxyl groups excluding tert-OH is 1. The minimum absolute atomic E-state index is 0.120. The molecule has 4 N–H and O–H groups in total. The molecule has 1 aromatic carbocycles. The largest absolute Gasteiger partial charge is 0.467 e. The number of hydrogen-bond acceptors (Lipinski definition) is 7. The Kier molecular flexibility index (Phi) is 7.70. The van der Waals surface area contributed by atoms with Crippen molar-refractivity contribution in [3.05, 3.63) is 47.7 Å². The molecule has 232 valence electrons. The predicted molar refractivity (Wildman–Crippen MR) is 163 cm³/mol. The molecule has 0 bridgehead atoms. The van der Waals surface area contributed by atoms with Crippen molar-refractivity contribution in [3.63, 3.8) is 0 Å². The molecule has 2 aromatic rings. The number of allylic oxidation sites excluding steroid dienone is 2. The number of aliphatic hydroxyl groups is 2. The number of ether oxygens (including phenoxy) is 1. The maximum Gasteiger partial charge on any atom is 0.328 e. The Hall–Kier alpha value is -3.17. The van der Waals surface area contributed by atoms with Gasteiger partial charge in [0.2, 0.25) is 0 Å². The molecule has 1 heterocycles. The van der Waals surface area contributed by atoms with Gasteiger partial charge in [-0.25, -0.2) is 4.79 Å². The first-order valence-corrected chi connectivity index (χ1v) is 15.7. The average molecular weight is 592 g/mol. The number of H-pyrrole nitrogens is 1. The van der Waals surface area contributed by atoms with Crippen molar-refractivity contribution in [2.24, 2.45) is 33.7 Å². The topological polar surface area (TPSA) is 133 Å². The first-order valence-electron chi connectivity index (χ1n) is 15.7. The molecule has 0 radical (unpaired) electrons. The van der Waals surface area contributed by atoms with Crippen LogP contribution in [0.2, 0.25) is 0 Å². The summed E-state index contributed by atoms with van der Waals surface area (Å²) in [5.41, 5.74) is 2.85. The van der Waals surface area contributed by atoms with E-state index in [-0.39, 0.29) is 29.8 Å². The third-order valence-corrected chi connectivity index (χ3v) is 11.8. The van der Waals surface area contributed by atoms with Gasteiger partial charge in [0.25, 0.3) is 5.91 Å². The summed E-state index contributed by atoms with van der Waals surface area (Å²) in [4.78, 5) is 33.9. The molecule has 0 aliphatic heterocycles. The Labute approximate surface area is 253 Å². The number of nitrogens with one attached hydrogen (secondary N) is 2. The Bertz CT molecular complexity index is 1460. The van der Waals surface area contributed by atoms with Crippen LogP contribution in [0.4, 0.5) is 0 Å². The van der Waals surface area contributed by atoms with Gasteiger partial charge in [-0.2, -0.15) is 0 Å². The lowest BCUT2D eigenvalue weighted by Gasteiger charge is -2.60. The monoisotopic (exact) mass is 591 g/mol. The van der Waals surface area contributed by atoms with Gasteiger partial charge >= 0.3 is 5.97 Å². The van der Waals surface area contributed by atoms with E-state index in [1.807, 2.05) is 37.4 Å². The van der Waals surface area contributed by atoms with E-state index in [2.05, 4.69) is 35.4 Å². The van der Waals surface area contributed by atoms with Gasteiger partial charge in [-0.3, -0.25) is 4.79 Å². The number of nitrogens with zero attached hydrogens (tertiary/aromatic N) is 1. The smallest absolute Gasteiger partial charge is 0.328 e. The number of benzene rings is 1. The Morgan fingerprint density at radius 3 is 2.74 bits per heavy atom. The number of carbonyl (C=O) groups excluding carboxylic acids is 2. The maximum absolute atomic E-state index is 12.8. The summed E-state index contributed by atoms with van der Waals surface area (Å²) in [5, 5.41) is 30.7. The number of amides is 1. The lowest BCUT2D eigenvalue weighted by atomic mass is 9.45. The molecule has 3 fully saturated rings. The number of rotatable bonds is 7. The van der Waals surface area contributed by atoms with Crippen LogP contribution in [0, 0.1) is 28.6 Å². The molecular weight excluding hydrogens is 546 g/mol. The molecule has 8 atom stereocenters. The summed E-state index contributed by atoms with van der Waals surface area (Å²) >= 11 is 0. The van der Waals surface area contributed by atoms with E-state index in [1.54, 1.807) is 0 Å². The standard InChI is InChI=1S/C34H45N3O6/c1-32-13-11-22(16-21(32)9-10-24-25-12-14-34(3,41)33(25,2)17-28(38)30(24)32)37-43-19-29(39)36-27(31(40)42-4)15-20-18-35-26-8-6-5-7-23(20)26/h5-8,16,18,24-25,27-28,30,35,38,41H,9-15,17,19H2,1-4H3,(H,36,39)/b37-22-/t24-,25+,27+,28+,30+,32+,33+,34+/m1/s1. The molecule has 4 aliphatic carbocycles. The highest BCUT2D eigenvalue weighted by Crippen LogP contribution is 2.67. The summed E-state index contributed by atoms with van der Waals surface area (Å²) in [6.45, 7) is 6.13. The molecule has 4 aliphatic rings. The maximum atomic E-state index is 12.8. The second-order valence-corrected chi connectivity index (χ2v) is 14.0. The summed E-state index contributed by atoms with van der Waals surface area (Å²) in [6, 6.07) is 6.94. The Morgan fingerprint density at radius 2 is 1.95 bits per heavy atom. The van der Waals surface area contributed by atoms with Gasteiger partial charge in [-0.15, -0.1) is 0 Å². The number of aromatic amines is 1. The van der Waals surface area contributed by atoms with Gasteiger partial charge in [0.05, 0.1) is 24.5 Å². The van der Waals surface area contributed by atoms with Gasteiger partial charge in [0.15, 0.2) is 6.61 Å². The van der Waals surface area contributed by atoms with Gasteiger partial charge in [0, 0.05) is 28.9 Å². The van der Waals surface area contributed by atoms with Gasteiger partial charge in [-0.05, 0) is 92.7 Å². The fourth-order valence-corrected chi connectivity index (χ4v) is 9.26. The number of fused-ring (bicyclic) bond motifs is 6. The van der Waals surface area contributed by atoms with Crippen LogP contribution in [0.5, 0.6) is 0 Å². The second kappa shape index (κ2) is 11.1. The van der Waals surface area contributed by atoms with Crippen LogP contribution >= 0.6 is 0 Å². The number of esters is 1. The molecule has 9 heteroatoms. The Balaban J connectivity index is 1.09. The first-order chi connectivity index (χ1) is 20.5. The van der Waals surface area contributed by atoms with E-state index in [4.69, 9.17) is 9.57 Å². The molecule has 3 saturated carbocycles. The van der Waals surface area contributed by atoms with Gasteiger partial charge in [-0.1, -0.05) is 42.8 Å². The summed E-state index contributed by atoms with van der Waals surface area (Å²) in [7, 11) is 1.30. The van der Waals surface area contributed by atoms with Crippen molar-refractivity contribution in [2.45, 2.75) is 89.9 Å². The average Bonchev–Trinajstić information content (AvgIpc) is 3.48. The van der Waals surface area contributed by atoms with Crippen LogP contribution in [0.3, 0.4) is 0 Å². The molecule has 0 unspecified atom stereocenters. The molecule has 1 aromatic heterocycles. The fourth-order valence-electron chi connectivity index (χ4n) is 9.26. The normalized spacial score (nSPS) is 36.7. The number of aromatic nitrogens is 1. The van der Waals surface area contributed by atoms with Crippen LogP contribution in [-0.2, 0) is 25.6 Å². The van der Waals surface area contributed by atoms with Crippen LogP contribution in [0.1, 0.15) is 71.3 Å². The highest BCUT2D eigenvalue weighted by Gasteiger charge is 2.64. The highest BCUT2D eigenvalue weighted by atomic mass is 16.6. The zero-order valence-electron chi connectivity index (χ0n) is 25.7. The summed E-state index contributed by atoms with van der Waals surface area (Å²) < 4.78 is 4.95. The lowest BCUT2D eigenvalue weighted by Crippen LogP contribution is -2.59. The molecule has 0 saturated heterocycles. The van der Waals surface area contributed by atoms with Gasteiger partial charge < -0.3 is 30.1 Å². The number of oxime groups is 1. The minimum Gasteiger partial charge on any atom is -0.467 e. The molecule has 0 spiro atoms. The number of para-hydroxylation sites is 1. The van der Waals surface area contributed by atoms with Crippen molar-refractivity contribution in [3.8, 4) is 0 Å². The SMILES string of the molecule is COC(=O)[C@H](Cc1c[nH]c2ccccc12)NC(=O)CO/N=C1\C=C2CC[C@H]3[C@@H]([C@@H](O)C[C@@]4(C)[C@H]3CC[C@]4(C)O)[C@@]2(C)CC1. The third-order valence-electron chi connectivity index (χ3n) is 11.8. The van der Waals surface area contributed by atoms with Crippen LogP contribution in [-0.4, -0.2) is 64.2 Å². The van der Waals surface area contributed by atoms with Crippen molar-refractivity contribution in [2.75, 3.05) is 13.7 Å². The molecule has 6 rings (SSSR count). The Morgan fingerprint density at radius 1 is 1.16 bits per heavy atom. The third kappa shape index (κ3) is 5.08. The van der Waals surface area contributed by atoms with Crippen molar-refractivity contribution in [1.82, 2.24) is 10.3 Å². The van der Waals surface area contributed by atoms with E-state index in [0.717, 1.165) is 54.3 Å². The summed E-state index contributed by atoms with van der Waals surface area (Å²) in [5.74, 6) is 0.0175. The van der Waals surface area contributed by atoms with E-state index in [1.165, 1.54) is 12.7 Å². The second-order valence-electron chi connectivity index (χ2n) is 14.0. The van der Waals surface area contributed by atoms with E-state index >= 15 is 0 Å². The molecular formula is C34H45N3O6. The number of carbonyl (C=O) groups is 2. The van der Waals surface area contributed by atoms with Crippen molar-refractivity contribution in [1.29, 1.82) is 0 Å². The quantitative estimate of drug-likeness (QED) is 0.278. The molecule has 9 nitrogen and oxygen atoms in total. The summed E-state index contributed by atoms with van der Waals surface area (Å²) in [6.07, 6.45) is 9.75. The van der Waals surface area contributed by atoms with Crippen LogP contribution in [0.25, 0.3) is 10.9 Å². The molecule has 43 heavy (non-hydrogen) atoms. The predicted octanol–water partition coefficient (Wildman–Crippen LogP) is 4.43. The first kappa shape index (κ1) is 29.9. The minimum atomic E-state index is -0.854. The van der Waals surface area contributed by atoms with Crippen LogP contribution in [0.15, 0.2) is 47.3 Å². The lowest BCUT2D eigenvalue weighted by molar-refractivity contribution is -0.164. The zero-order chi connectivity index (χ0) is 30.6. The van der Waals surface area contributed by atoms with Crippen molar-refractivity contribution < 1.29 is 29.4 Å². The highest BCUT2D eigenvalue weighted by molar-refractivity contribution is 5.96. The fraction of sp³-hybridized carbons (Fsp3) is 0.618. The van der Waals surface area contributed by atoms with Crippen molar-refractivity contribution >= 4 is 28.5 Å². The number of hydrogen-bond donors (Lipinski definition) is 4. The molecule has 1 amide bonds.